The van der Waals surface area contributed by atoms with E-state index in [1.807, 2.05) is 23.4 Å². The quantitative estimate of drug-likeness (QED) is 0.704. The molecule has 4 rings (SSSR count). The highest BCUT2D eigenvalue weighted by Crippen LogP contribution is 2.56. The third-order valence-electron chi connectivity index (χ3n) is 6.96. The molecule has 1 aliphatic heterocycles. The summed E-state index contributed by atoms with van der Waals surface area (Å²) < 4.78 is 6.95. The van der Waals surface area contributed by atoms with E-state index in [0.29, 0.717) is 43.3 Å². The van der Waals surface area contributed by atoms with Crippen LogP contribution in [0.2, 0.25) is 0 Å². The molecule has 2 aromatic rings. The van der Waals surface area contributed by atoms with Gasteiger partial charge < -0.3 is 14.5 Å². The molecule has 1 aliphatic carbocycles. The van der Waals surface area contributed by atoms with E-state index in [1.165, 1.54) is 0 Å². The van der Waals surface area contributed by atoms with Crippen LogP contribution in [0.3, 0.4) is 0 Å². The Labute approximate surface area is 182 Å². The third-order valence-corrected chi connectivity index (χ3v) is 6.96. The van der Waals surface area contributed by atoms with Gasteiger partial charge in [-0.2, -0.15) is 0 Å². The van der Waals surface area contributed by atoms with Gasteiger partial charge in [-0.1, -0.05) is 5.21 Å². The van der Waals surface area contributed by atoms with Gasteiger partial charge in [0.2, 0.25) is 5.88 Å². The van der Waals surface area contributed by atoms with Crippen LogP contribution >= 0.6 is 0 Å². The van der Waals surface area contributed by atoms with Crippen LogP contribution in [-0.4, -0.2) is 74.9 Å². The number of piperidine rings is 1. The number of carbonyl (C=O) groups is 2. The molecular weight excluding hydrogens is 396 g/mol. The van der Waals surface area contributed by atoms with E-state index in [0.717, 1.165) is 25.7 Å². The number of likely N-dealkylation sites (tertiary alicyclic amines) is 1. The Hall–Kier alpha value is -2.97. The van der Waals surface area contributed by atoms with Crippen LogP contribution in [0.5, 0.6) is 5.88 Å². The first-order chi connectivity index (χ1) is 15.0. The standard InChI is InChI=1S/C22H30N6O3/c1-4-26(5-2)21(30)17-15-28(25-24-17)18-8-9-22(18)10-12-27(13-11-22)20(29)16-6-7-19(31-3)23-14-16/h6-7,14-15,18H,4-5,8-13H2,1-3H3. The highest BCUT2D eigenvalue weighted by atomic mass is 16.5. The van der Waals surface area contributed by atoms with Crippen molar-refractivity contribution in [3.8, 4) is 5.88 Å². The molecule has 2 fully saturated rings. The lowest BCUT2D eigenvalue weighted by atomic mass is 9.59. The number of aromatic nitrogens is 4. The minimum Gasteiger partial charge on any atom is -0.481 e. The summed E-state index contributed by atoms with van der Waals surface area (Å²) in [5.74, 6) is 0.435. The van der Waals surface area contributed by atoms with Crippen LogP contribution in [0.25, 0.3) is 0 Å². The summed E-state index contributed by atoms with van der Waals surface area (Å²) in [6.45, 7) is 6.66. The van der Waals surface area contributed by atoms with Crippen LogP contribution in [0.15, 0.2) is 24.5 Å². The minimum absolute atomic E-state index is 0.00809. The van der Waals surface area contributed by atoms with Crippen LogP contribution in [-0.2, 0) is 0 Å². The summed E-state index contributed by atoms with van der Waals surface area (Å²) in [4.78, 5) is 33.2. The molecule has 1 spiro atoms. The van der Waals surface area contributed by atoms with Gasteiger partial charge >= 0.3 is 0 Å². The van der Waals surface area contributed by atoms with Crippen LogP contribution in [0.1, 0.15) is 66.4 Å². The average Bonchev–Trinajstić information content (AvgIpc) is 3.28. The smallest absolute Gasteiger partial charge is 0.276 e. The van der Waals surface area contributed by atoms with E-state index < -0.39 is 0 Å². The summed E-state index contributed by atoms with van der Waals surface area (Å²) in [5, 5.41) is 8.45. The monoisotopic (exact) mass is 426 g/mol. The van der Waals surface area contributed by atoms with Crippen molar-refractivity contribution in [3.05, 3.63) is 35.8 Å². The Balaban J connectivity index is 1.40. The van der Waals surface area contributed by atoms with Gasteiger partial charge in [0.05, 0.1) is 24.9 Å². The molecule has 2 aromatic heterocycles. The van der Waals surface area contributed by atoms with E-state index in [2.05, 4.69) is 15.3 Å². The van der Waals surface area contributed by atoms with Crippen LogP contribution in [0, 0.1) is 5.41 Å². The Morgan fingerprint density at radius 3 is 2.48 bits per heavy atom. The maximum Gasteiger partial charge on any atom is 0.276 e. The maximum atomic E-state index is 12.8. The molecule has 0 radical (unpaired) electrons. The van der Waals surface area contributed by atoms with Gasteiger partial charge in [-0.05, 0) is 51.0 Å². The third kappa shape index (κ3) is 3.88. The largest absolute Gasteiger partial charge is 0.481 e. The highest BCUT2D eigenvalue weighted by Gasteiger charge is 2.50. The first-order valence-electron chi connectivity index (χ1n) is 11.0. The molecule has 1 saturated carbocycles. The predicted molar refractivity (Wildman–Crippen MR) is 114 cm³/mol. The van der Waals surface area contributed by atoms with E-state index >= 15 is 0 Å². The van der Waals surface area contributed by atoms with Gasteiger partial charge in [0.25, 0.3) is 11.8 Å². The molecular formula is C22H30N6O3. The molecule has 1 atom stereocenters. The van der Waals surface area contributed by atoms with E-state index in [1.54, 1.807) is 36.5 Å². The SMILES string of the molecule is CCN(CC)C(=O)c1cn(C2CCC23CCN(C(=O)c2ccc(OC)nc2)CC3)nn1. The Bertz CT molecular complexity index is 929. The topological polar surface area (TPSA) is 93.5 Å². The van der Waals surface area contributed by atoms with E-state index in [-0.39, 0.29) is 23.3 Å². The molecule has 9 heteroatoms. The number of hydrogen-bond acceptors (Lipinski definition) is 6. The minimum atomic E-state index is -0.0712. The number of rotatable bonds is 6. The zero-order valence-electron chi connectivity index (χ0n) is 18.5. The number of carbonyl (C=O) groups excluding carboxylic acids is 2. The lowest BCUT2D eigenvalue weighted by molar-refractivity contribution is -0.0268. The van der Waals surface area contributed by atoms with Crippen molar-refractivity contribution in [2.24, 2.45) is 5.41 Å². The Morgan fingerprint density at radius 1 is 1.19 bits per heavy atom. The summed E-state index contributed by atoms with van der Waals surface area (Å²) >= 11 is 0. The number of methoxy groups -OCH3 is 1. The van der Waals surface area contributed by atoms with Crippen molar-refractivity contribution < 1.29 is 14.3 Å². The van der Waals surface area contributed by atoms with Crippen LogP contribution < -0.4 is 4.74 Å². The zero-order valence-corrected chi connectivity index (χ0v) is 18.5. The summed E-state index contributed by atoms with van der Waals surface area (Å²) in [6.07, 6.45) is 7.36. The van der Waals surface area contributed by atoms with Gasteiger partial charge in [-0.15, -0.1) is 5.10 Å². The van der Waals surface area contributed by atoms with Crippen LogP contribution in [0.4, 0.5) is 0 Å². The molecule has 2 aliphatic rings. The lowest BCUT2D eigenvalue weighted by Crippen LogP contribution is -2.51. The van der Waals surface area contributed by atoms with Gasteiger partial charge in [-0.25, -0.2) is 9.67 Å². The number of hydrogen-bond donors (Lipinski definition) is 0. The molecule has 31 heavy (non-hydrogen) atoms. The fourth-order valence-electron chi connectivity index (χ4n) is 4.84. The van der Waals surface area contributed by atoms with E-state index in [9.17, 15) is 9.59 Å². The molecule has 1 unspecified atom stereocenters. The summed E-state index contributed by atoms with van der Waals surface area (Å²) in [5.41, 5.74) is 1.11. The van der Waals surface area contributed by atoms with Crippen molar-refractivity contribution in [2.75, 3.05) is 33.3 Å². The Morgan fingerprint density at radius 2 is 1.94 bits per heavy atom. The van der Waals surface area contributed by atoms with Crippen molar-refractivity contribution in [2.45, 2.75) is 45.6 Å². The van der Waals surface area contributed by atoms with Gasteiger partial charge in [0.1, 0.15) is 0 Å². The van der Waals surface area contributed by atoms with Crippen molar-refractivity contribution in [1.29, 1.82) is 0 Å². The summed E-state index contributed by atoms with van der Waals surface area (Å²) in [7, 11) is 1.56. The molecule has 2 amide bonds. The predicted octanol–water partition coefficient (Wildman–Crippen LogP) is 2.42. The normalized spacial score (nSPS) is 19.7. The lowest BCUT2D eigenvalue weighted by Gasteiger charge is -2.53. The molecule has 0 N–H and O–H groups in total. The maximum absolute atomic E-state index is 12.8. The molecule has 0 aromatic carbocycles. The molecule has 166 valence electrons. The highest BCUT2D eigenvalue weighted by molar-refractivity contribution is 5.94. The number of nitrogens with zero attached hydrogens (tertiary/aromatic N) is 6. The van der Waals surface area contributed by atoms with Gasteiger partial charge in [0, 0.05) is 38.4 Å². The molecule has 0 bridgehead atoms. The zero-order chi connectivity index (χ0) is 22.0. The fraction of sp³-hybridized carbons (Fsp3) is 0.591. The average molecular weight is 427 g/mol. The van der Waals surface area contributed by atoms with E-state index in [4.69, 9.17) is 4.74 Å². The molecule has 9 nitrogen and oxygen atoms in total. The number of ether oxygens (including phenoxy) is 1. The molecule has 3 heterocycles. The van der Waals surface area contributed by atoms with Crippen molar-refractivity contribution >= 4 is 11.8 Å². The van der Waals surface area contributed by atoms with Crippen molar-refractivity contribution in [3.63, 3.8) is 0 Å². The summed E-state index contributed by atoms with van der Waals surface area (Å²) in [6, 6.07) is 3.70. The molecule has 1 saturated heterocycles. The second-order valence-electron chi connectivity index (χ2n) is 8.36. The first-order valence-corrected chi connectivity index (χ1v) is 11.0. The van der Waals surface area contributed by atoms with Gasteiger partial charge in [0.15, 0.2) is 5.69 Å². The first kappa shape index (κ1) is 21.3. The number of amides is 2. The number of pyridine rings is 1. The second kappa shape index (κ2) is 8.64. The Kier molecular flexibility index (Phi) is 5.93. The fourth-order valence-corrected chi connectivity index (χ4v) is 4.84. The van der Waals surface area contributed by atoms with Gasteiger partial charge in [-0.3, -0.25) is 9.59 Å². The second-order valence-corrected chi connectivity index (χ2v) is 8.36. The van der Waals surface area contributed by atoms with Crippen molar-refractivity contribution in [1.82, 2.24) is 29.8 Å².